The fourth-order valence-electron chi connectivity index (χ4n) is 2.40. The Kier molecular flexibility index (Phi) is 3.91. The predicted molar refractivity (Wildman–Crippen MR) is 62.1 cm³/mol. The van der Waals surface area contributed by atoms with Gasteiger partial charge in [-0.05, 0) is 31.4 Å². The highest BCUT2D eigenvalue weighted by atomic mass is 19.1. The van der Waals surface area contributed by atoms with Crippen molar-refractivity contribution in [1.29, 1.82) is 0 Å². The molecule has 1 heterocycles. The molecule has 0 aliphatic carbocycles. The summed E-state index contributed by atoms with van der Waals surface area (Å²) in [5.41, 5.74) is -0.498. The first-order valence-corrected chi connectivity index (χ1v) is 6.01. The van der Waals surface area contributed by atoms with Crippen molar-refractivity contribution in [3.05, 3.63) is 35.4 Å². The van der Waals surface area contributed by atoms with Crippen LogP contribution in [0, 0.1) is 11.6 Å². The summed E-state index contributed by atoms with van der Waals surface area (Å²) in [5, 5.41) is 8.92. The highest BCUT2D eigenvalue weighted by Gasteiger charge is 2.31. The van der Waals surface area contributed by atoms with Crippen LogP contribution >= 0.6 is 0 Å². The van der Waals surface area contributed by atoms with Crippen molar-refractivity contribution >= 4 is 5.91 Å². The molecule has 1 saturated heterocycles. The molecule has 0 saturated carbocycles. The third kappa shape index (κ3) is 2.36. The number of amides is 1. The fraction of sp³-hybridized carbons (Fsp3) is 0.462. The maximum absolute atomic E-state index is 13.5. The third-order valence-electron chi connectivity index (χ3n) is 3.28. The van der Waals surface area contributed by atoms with E-state index in [4.69, 9.17) is 5.11 Å². The molecule has 1 amide bonds. The molecule has 1 N–H and O–H groups in total. The summed E-state index contributed by atoms with van der Waals surface area (Å²) in [6, 6.07) is 3.26. The monoisotopic (exact) mass is 255 g/mol. The highest BCUT2D eigenvalue weighted by molar-refractivity contribution is 5.95. The van der Waals surface area contributed by atoms with Gasteiger partial charge in [-0.2, -0.15) is 0 Å². The van der Waals surface area contributed by atoms with E-state index in [1.807, 2.05) is 0 Å². The highest BCUT2D eigenvalue weighted by Crippen LogP contribution is 2.24. The lowest BCUT2D eigenvalue weighted by molar-refractivity contribution is 0.0706. The molecule has 1 atom stereocenters. The molecule has 0 radical (unpaired) electrons. The average Bonchev–Trinajstić information content (AvgIpc) is 2.77. The molecule has 5 heteroatoms. The van der Waals surface area contributed by atoms with Crippen LogP contribution in [0.4, 0.5) is 8.78 Å². The van der Waals surface area contributed by atoms with Crippen LogP contribution in [0.3, 0.4) is 0 Å². The predicted octanol–water partition coefficient (Wildman–Crippen LogP) is 1.95. The van der Waals surface area contributed by atoms with E-state index in [0.29, 0.717) is 13.0 Å². The fourth-order valence-corrected chi connectivity index (χ4v) is 2.40. The van der Waals surface area contributed by atoms with Gasteiger partial charge >= 0.3 is 0 Å². The lowest BCUT2D eigenvalue weighted by atomic mass is 10.1. The molecule has 0 spiro atoms. The standard InChI is InChI=1S/C13H15F2NO2/c14-10-4-1-5-11(15)12(10)13(18)16-7-2-3-9(16)6-8-17/h1,4-5,9,17H,2-3,6-8H2. The van der Waals surface area contributed by atoms with Crippen molar-refractivity contribution in [2.45, 2.75) is 25.3 Å². The van der Waals surface area contributed by atoms with Crippen LogP contribution in [0.5, 0.6) is 0 Å². The van der Waals surface area contributed by atoms with Gasteiger partial charge in [0.25, 0.3) is 5.91 Å². The van der Waals surface area contributed by atoms with Crippen molar-refractivity contribution in [2.24, 2.45) is 0 Å². The van der Waals surface area contributed by atoms with E-state index >= 15 is 0 Å². The number of aliphatic hydroxyl groups is 1. The summed E-state index contributed by atoms with van der Waals surface area (Å²) in [6.45, 7) is 0.450. The number of hydrogen-bond donors (Lipinski definition) is 1. The van der Waals surface area contributed by atoms with Gasteiger partial charge in [-0.1, -0.05) is 6.07 Å². The van der Waals surface area contributed by atoms with Crippen LogP contribution in [0.1, 0.15) is 29.6 Å². The largest absolute Gasteiger partial charge is 0.396 e. The SMILES string of the molecule is O=C(c1c(F)cccc1F)N1CCCC1CCO. The van der Waals surface area contributed by atoms with Gasteiger partial charge in [-0.15, -0.1) is 0 Å². The van der Waals surface area contributed by atoms with Gasteiger partial charge < -0.3 is 10.0 Å². The van der Waals surface area contributed by atoms with Gasteiger partial charge in [-0.25, -0.2) is 8.78 Å². The average molecular weight is 255 g/mol. The first kappa shape index (κ1) is 13.0. The minimum atomic E-state index is -0.838. The molecular formula is C13H15F2NO2. The Labute approximate surface area is 104 Å². The molecule has 1 aliphatic heterocycles. The van der Waals surface area contributed by atoms with Crippen molar-refractivity contribution in [1.82, 2.24) is 4.90 Å². The van der Waals surface area contributed by atoms with E-state index in [2.05, 4.69) is 0 Å². The number of benzene rings is 1. The normalized spacial score (nSPS) is 19.3. The van der Waals surface area contributed by atoms with Gasteiger partial charge in [0, 0.05) is 19.2 Å². The molecule has 2 rings (SSSR count). The zero-order chi connectivity index (χ0) is 13.1. The Morgan fingerprint density at radius 2 is 2.06 bits per heavy atom. The second-order valence-corrected chi connectivity index (χ2v) is 4.40. The third-order valence-corrected chi connectivity index (χ3v) is 3.28. The maximum Gasteiger partial charge on any atom is 0.260 e. The van der Waals surface area contributed by atoms with E-state index in [9.17, 15) is 13.6 Å². The summed E-state index contributed by atoms with van der Waals surface area (Å²) < 4.78 is 27.1. The number of halogens is 2. The maximum atomic E-state index is 13.5. The minimum Gasteiger partial charge on any atom is -0.396 e. The van der Waals surface area contributed by atoms with Crippen LogP contribution < -0.4 is 0 Å². The number of aliphatic hydroxyl groups excluding tert-OH is 1. The second-order valence-electron chi connectivity index (χ2n) is 4.40. The van der Waals surface area contributed by atoms with E-state index in [0.717, 1.165) is 25.0 Å². The van der Waals surface area contributed by atoms with Crippen molar-refractivity contribution in [2.75, 3.05) is 13.2 Å². The summed E-state index contributed by atoms with van der Waals surface area (Å²) in [6.07, 6.45) is 2.01. The summed E-state index contributed by atoms with van der Waals surface area (Å²) in [5.74, 6) is -2.30. The van der Waals surface area contributed by atoms with E-state index in [-0.39, 0.29) is 12.6 Å². The molecule has 98 valence electrons. The molecule has 1 aromatic rings. The van der Waals surface area contributed by atoms with Gasteiger partial charge in [0.05, 0.1) is 0 Å². The minimum absolute atomic E-state index is 0.0335. The lowest BCUT2D eigenvalue weighted by Gasteiger charge is -2.24. The topological polar surface area (TPSA) is 40.5 Å². The van der Waals surface area contributed by atoms with Crippen molar-refractivity contribution < 1.29 is 18.7 Å². The van der Waals surface area contributed by atoms with E-state index in [1.165, 1.54) is 11.0 Å². The van der Waals surface area contributed by atoms with Gasteiger partial charge in [0.15, 0.2) is 0 Å². The van der Waals surface area contributed by atoms with Crippen LogP contribution in [0.2, 0.25) is 0 Å². The van der Waals surface area contributed by atoms with Gasteiger partial charge in [0.1, 0.15) is 17.2 Å². The molecule has 1 fully saturated rings. The molecule has 1 unspecified atom stereocenters. The Hall–Kier alpha value is -1.49. The first-order valence-electron chi connectivity index (χ1n) is 6.01. The number of likely N-dealkylation sites (tertiary alicyclic amines) is 1. The lowest BCUT2D eigenvalue weighted by Crippen LogP contribution is -2.37. The number of nitrogens with zero attached hydrogens (tertiary/aromatic N) is 1. The van der Waals surface area contributed by atoms with E-state index in [1.54, 1.807) is 0 Å². The molecular weight excluding hydrogens is 240 g/mol. The summed E-state index contributed by atoms with van der Waals surface area (Å²) in [4.78, 5) is 13.6. The zero-order valence-electron chi connectivity index (χ0n) is 9.90. The Morgan fingerprint density at radius 3 is 2.67 bits per heavy atom. The van der Waals surface area contributed by atoms with Crippen LogP contribution in [0.25, 0.3) is 0 Å². The van der Waals surface area contributed by atoms with Gasteiger partial charge in [-0.3, -0.25) is 4.79 Å². The zero-order valence-corrected chi connectivity index (χ0v) is 9.90. The first-order chi connectivity index (χ1) is 8.65. The Balaban J connectivity index is 2.25. The molecule has 0 bridgehead atoms. The smallest absolute Gasteiger partial charge is 0.260 e. The molecule has 1 aliphatic rings. The molecule has 0 aromatic heterocycles. The molecule has 1 aromatic carbocycles. The summed E-state index contributed by atoms with van der Waals surface area (Å²) in [7, 11) is 0. The quantitative estimate of drug-likeness (QED) is 0.896. The number of carbonyl (C=O) groups excluding carboxylic acids is 1. The molecule has 18 heavy (non-hydrogen) atoms. The Morgan fingerprint density at radius 1 is 1.39 bits per heavy atom. The molecule has 3 nitrogen and oxygen atoms in total. The van der Waals surface area contributed by atoms with Crippen LogP contribution in [0.15, 0.2) is 18.2 Å². The van der Waals surface area contributed by atoms with Crippen molar-refractivity contribution in [3.63, 3.8) is 0 Å². The van der Waals surface area contributed by atoms with Gasteiger partial charge in [0.2, 0.25) is 0 Å². The second kappa shape index (κ2) is 5.44. The van der Waals surface area contributed by atoms with E-state index < -0.39 is 23.1 Å². The van der Waals surface area contributed by atoms with Crippen molar-refractivity contribution in [3.8, 4) is 0 Å². The number of rotatable bonds is 3. The van der Waals surface area contributed by atoms with Crippen LogP contribution in [-0.2, 0) is 0 Å². The summed E-state index contributed by atoms with van der Waals surface area (Å²) >= 11 is 0. The Bertz CT molecular complexity index is 430. The number of hydrogen-bond acceptors (Lipinski definition) is 2. The van der Waals surface area contributed by atoms with Crippen LogP contribution in [-0.4, -0.2) is 35.1 Å². The number of carbonyl (C=O) groups is 1.